The zero-order chi connectivity index (χ0) is 16.5. The van der Waals surface area contributed by atoms with Crippen LogP contribution in [0.25, 0.3) is 21.9 Å². The molecule has 0 aliphatic carbocycles. The number of carbonyl (C=O) groups excluding carboxylic acids is 1. The van der Waals surface area contributed by atoms with Crippen LogP contribution in [0.2, 0.25) is 0 Å². The molecule has 0 atom stereocenters. The van der Waals surface area contributed by atoms with Gasteiger partial charge in [-0.05, 0) is 19.1 Å². The average molecular weight is 337 g/mol. The molecule has 4 rings (SSSR count). The highest BCUT2D eigenvalue weighted by molar-refractivity contribution is 7.17. The van der Waals surface area contributed by atoms with Crippen molar-refractivity contribution in [1.82, 2.24) is 29.9 Å². The van der Waals surface area contributed by atoms with Crippen LogP contribution in [0.5, 0.6) is 0 Å². The second-order valence-electron chi connectivity index (χ2n) is 4.93. The normalized spacial score (nSPS) is 10.9. The number of imidazole rings is 1. The van der Waals surface area contributed by atoms with Gasteiger partial charge < -0.3 is 10.3 Å². The molecule has 1 amide bonds. The van der Waals surface area contributed by atoms with E-state index in [1.165, 1.54) is 24.0 Å². The van der Waals surface area contributed by atoms with Gasteiger partial charge in [-0.3, -0.25) is 9.78 Å². The van der Waals surface area contributed by atoms with E-state index in [0.717, 1.165) is 5.69 Å². The summed E-state index contributed by atoms with van der Waals surface area (Å²) in [6, 6.07) is 5.58. The van der Waals surface area contributed by atoms with Gasteiger partial charge >= 0.3 is 0 Å². The molecular weight excluding hydrogens is 326 g/mol. The predicted octanol–water partition coefficient (Wildman–Crippen LogP) is 2.43. The number of aromatic nitrogens is 6. The maximum atomic E-state index is 12.6. The summed E-state index contributed by atoms with van der Waals surface area (Å²) in [5, 5.41) is 3.48. The van der Waals surface area contributed by atoms with E-state index < -0.39 is 0 Å². The number of pyridine rings is 1. The van der Waals surface area contributed by atoms with Crippen molar-refractivity contribution in [3.05, 3.63) is 47.6 Å². The topological polar surface area (TPSA) is 109 Å². The molecule has 0 aliphatic rings. The number of anilines is 1. The lowest BCUT2D eigenvalue weighted by Gasteiger charge is -2.03. The van der Waals surface area contributed by atoms with E-state index in [2.05, 4.69) is 35.2 Å². The highest BCUT2D eigenvalue weighted by Gasteiger charge is 2.18. The van der Waals surface area contributed by atoms with E-state index in [1.807, 2.05) is 18.2 Å². The second-order valence-corrected chi connectivity index (χ2v) is 5.93. The largest absolute Gasteiger partial charge is 0.340 e. The van der Waals surface area contributed by atoms with Crippen molar-refractivity contribution in [3.63, 3.8) is 0 Å². The first-order valence-corrected chi connectivity index (χ1v) is 7.88. The number of thiazole rings is 1. The molecule has 118 valence electrons. The Morgan fingerprint density at radius 1 is 1.21 bits per heavy atom. The molecule has 4 aromatic heterocycles. The van der Waals surface area contributed by atoms with Crippen molar-refractivity contribution < 1.29 is 4.79 Å². The second kappa shape index (κ2) is 5.78. The van der Waals surface area contributed by atoms with Crippen LogP contribution in [-0.2, 0) is 0 Å². The van der Waals surface area contributed by atoms with Crippen LogP contribution < -0.4 is 5.32 Å². The maximum Gasteiger partial charge on any atom is 0.268 e. The van der Waals surface area contributed by atoms with Crippen molar-refractivity contribution in [3.8, 4) is 10.7 Å². The van der Waals surface area contributed by atoms with Gasteiger partial charge in [-0.2, -0.15) is 0 Å². The van der Waals surface area contributed by atoms with Gasteiger partial charge in [0.25, 0.3) is 5.91 Å². The lowest BCUT2D eigenvalue weighted by Crippen LogP contribution is -2.13. The number of hydrogen-bond donors (Lipinski definition) is 2. The van der Waals surface area contributed by atoms with Gasteiger partial charge in [-0.1, -0.05) is 6.07 Å². The number of hydrogen-bond acceptors (Lipinski definition) is 7. The summed E-state index contributed by atoms with van der Waals surface area (Å²) in [6.07, 6.45) is 4.56. The smallest absolute Gasteiger partial charge is 0.268 e. The van der Waals surface area contributed by atoms with Crippen molar-refractivity contribution in [1.29, 1.82) is 0 Å². The number of H-pyrrole nitrogens is 1. The van der Waals surface area contributed by atoms with Gasteiger partial charge in [-0.15, -0.1) is 11.3 Å². The quantitative estimate of drug-likeness (QED) is 0.594. The maximum absolute atomic E-state index is 12.6. The fourth-order valence-electron chi connectivity index (χ4n) is 2.23. The van der Waals surface area contributed by atoms with E-state index >= 15 is 0 Å². The summed E-state index contributed by atoms with van der Waals surface area (Å²) >= 11 is 1.29. The SMILES string of the molecule is Cc1nc(-c2ccccn2)sc1C(=O)Nc1ncnc2nc[nH]c12. The van der Waals surface area contributed by atoms with Crippen molar-refractivity contribution in [2.75, 3.05) is 5.32 Å². The Morgan fingerprint density at radius 2 is 2.12 bits per heavy atom. The van der Waals surface area contributed by atoms with Gasteiger partial charge in [0.2, 0.25) is 0 Å². The molecule has 9 heteroatoms. The lowest BCUT2D eigenvalue weighted by molar-refractivity contribution is 0.102. The molecule has 0 saturated carbocycles. The molecule has 8 nitrogen and oxygen atoms in total. The molecule has 0 aromatic carbocycles. The third-order valence-electron chi connectivity index (χ3n) is 3.34. The average Bonchev–Trinajstić information content (AvgIpc) is 3.23. The summed E-state index contributed by atoms with van der Waals surface area (Å²) < 4.78 is 0. The van der Waals surface area contributed by atoms with Crippen molar-refractivity contribution in [2.24, 2.45) is 0 Å². The Kier molecular flexibility index (Phi) is 3.47. The van der Waals surface area contributed by atoms with E-state index in [4.69, 9.17) is 0 Å². The van der Waals surface area contributed by atoms with Crippen LogP contribution in [0.15, 0.2) is 37.1 Å². The van der Waals surface area contributed by atoms with Gasteiger partial charge in [0.05, 0.1) is 17.7 Å². The number of fused-ring (bicyclic) bond motifs is 1. The molecule has 0 bridgehead atoms. The summed E-state index contributed by atoms with van der Waals surface area (Å²) in [4.78, 5) is 36.9. The van der Waals surface area contributed by atoms with Gasteiger partial charge in [0, 0.05) is 6.20 Å². The Bertz CT molecular complexity index is 1020. The van der Waals surface area contributed by atoms with Crippen molar-refractivity contribution >= 4 is 34.2 Å². The summed E-state index contributed by atoms with van der Waals surface area (Å²) in [5.41, 5.74) is 2.46. The standard InChI is InChI=1S/C15H11N7OS/c1-8-11(24-15(21-8)9-4-2-3-5-16-9)14(23)22-13-10-12(18-6-17-10)19-7-20-13/h2-7H,1H3,(H2,17,18,19,20,22,23). The van der Waals surface area contributed by atoms with Crippen LogP contribution in [0.4, 0.5) is 5.82 Å². The summed E-state index contributed by atoms with van der Waals surface area (Å²) in [7, 11) is 0. The zero-order valence-corrected chi connectivity index (χ0v) is 13.3. The first-order valence-electron chi connectivity index (χ1n) is 7.06. The Morgan fingerprint density at radius 3 is 2.96 bits per heavy atom. The molecule has 24 heavy (non-hydrogen) atoms. The van der Waals surface area contributed by atoms with Gasteiger partial charge in [-0.25, -0.2) is 19.9 Å². The highest BCUT2D eigenvalue weighted by Crippen LogP contribution is 2.27. The summed E-state index contributed by atoms with van der Waals surface area (Å²) in [6.45, 7) is 1.80. The van der Waals surface area contributed by atoms with Crippen LogP contribution in [0.3, 0.4) is 0 Å². The number of nitrogens with one attached hydrogen (secondary N) is 2. The van der Waals surface area contributed by atoms with E-state index in [1.54, 1.807) is 13.1 Å². The highest BCUT2D eigenvalue weighted by atomic mass is 32.1. The van der Waals surface area contributed by atoms with E-state index in [0.29, 0.717) is 32.6 Å². The first-order chi connectivity index (χ1) is 11.7. The fraction of sp³-hybridized carbons (Fsp3) is 0.0667. The summed E-state index contributed by atoms with van der Waals surface area (Å²) in [5.74, 6) is 0.108. The van der Waals surface area contributed by atoms with Crippen molar-refractivity contribution in [2.45, 2.75) is 6.92 Å². The minimum Gasteiger partial charge on any atom is -0.340 e. The molecule has 0 unspecified atom stereocenters. The molecule has 0 fully saturated rings. The van der Waals surface area contributed by atoms with Gasteiger partial charge in [0.15, 0.2) is 11.5 Å². The number of rotatable bonds is 3. The number of amides is 1. The number of nitrogens with zero attached hydrogens (tertiary/aromatic N) is 5. The minimum atomic E-state index is -0.276. The number of aryl methyl sites for hydroxylation is 1. The molecular formula is C15H11N7OS. The molecule has 0 aliphatic heterocycles. The Balaban J connectivity index is 1.66. The monoisotopic (exact) mass is 337 g/mol. The Labute approximate surface area is 140 Å². The third-order valence-corrected chi connectivity index (χ3v) is 4.52. The van der Waals surface area contributed by atoms with Crippen LogP contribution in [0.1, 0.15) is 15.4 Å². The lowest BCUT2D eigenvalue weighted by atomic mass is 10.3. The van der Waals surface area contributed by atoms with Gasteiger partial charge in [0.1, 0.15) is 21.7 Å². The molecule has 4 aromatic rings. The Hall–Kier alpha value is -3.20. The fourth-order valence-corrected chi connectivity index (χ4v) is 3.17. The zero-order valence-electron chi connectivity index (χ0n) is 12.5. The van der Waals surface area contributed by atoms with Crippen LogP contribution in [-0.4, -0.2) is 35.8 Å². The number of carbonyl (C=O) groups is 1. The molecule has 2 N–H and O–H groups in total. The molecule has 0 saturated heterocycles. The minimum absolute atomic E-state index is 0.276. The molecule has 4 heterocycles. The molecule has 0 spiro atoms. The third kappa shape index (κ3) is 2.50. The van der Waals surface area contributed by atoms with Crippen LogP contribution >= 0.6 is 11.3 Å². The van der Waals surface area contributed by atoms with E-state index in [9.17, 15) is 4.79 Å². The number of aromatic amines is 1. The van der Waals surface area contributed by atoms with E-state index in [-0.39, 0.29) is 5.91 Å². The van der Waals surface area contributed by atoms with Crippen LogP contribution in [0, 0.1) is 6.92 Å². The first kappa shape index (κ1) is 14.4. The predicted molar refractivity (Wildman–Crippen MR) is 89.7 cm³/mol. The molecule has 0 radical (unpaired) electrons.